The van der Waals surface area contributed by atoms with E-state index in [1.54, 1.807) is 62.4 Å². The number of aliphatic hydroxyl groups is 1. The molecule has 0 saturated carbocycles. The number of ether oxygens (including phenoxy) is 3. The molecule has 4 aromatic rings. The second kappa shape index (κ2) is 11.6. The molecule has 38 heavy (non-hydrogen) atoms. The van der Waals surface area contributed by atoms with Gasteiger partial charge in [0.2, 0.25) is 5.55 Å². The third-order valence-corrected chi connectivity index (χ3v) is 5.73. The van der Waals surface area contributed by atoms with E-state index in [2.05, 4.69) is 15.3 Å². The van der Waals surface area contributed by atoms with Gasteiger partial charge in [-0.2, -0.15) is 0 Å². The number of anilines is 1. The van der Waals surface area contributed by atoms with Crippen molar-refractivity contribution < 1.29 is 33.3 Å². The molecule has 0 spiro atoms. The number of fused-ring (bicyclic) bond motifs is 1. The number of hydrogen-bond donors (Lipinski definition) is 2. The van der Waals surface area contributed by atoms with Crippen molar-refractivity contribution in [3.63, 3.8) is 0 Å². The molecular formula is C28H27N3O7. The van der Waals surface area contributed by atoms with Crippen molar-refractivity contribution in [2.24, 2.45) is 4.99 Å². The molecule has 0 aliphatic carbocycles. The van der Waals surface area contributed by atoms with Crippen LogP contribution in [0.3, 0.4) is 0 Å². The number of aliphatic hydroxyl groups excluding tert-OH is 1. The monoisotopic (exact) mass is 517 g/mol. The van der Waals surface area contributed by atoms with Gasteiger partial charge in [-0.05, 0) is 56.3 Å². The summed E-state index contributed by atoms with van der Waals surface area (Å²) in [5, 5.41) is 13.2. The van der Waals surface area contributed by atoms with Crippen LogP contribution in [0.2, 0.25) is 0 Å². The average molecular weight is 518 g/mol. The zero-order chi connectivity index (χ0) is 27.2. The van der Waals surface area contributed by atoms with Gasteiger partial charge in [-0.1, -0.05) is 0 Å². The van der Waals surface area contributed by atoms with E-state index in [0.29, 0.717) is 50.7 Å². The topological polar surface area (TPSA) is 132 Å². The summed E-state index contributed by atoms with van der Waals surface area (Å²) in [4.78, 5) is 34.4. The summed E-state index contributed by atoms with van der Waals surface area (Å²) >= 11 is 0. The van der Waals surface area contributed by atoms with Gasteiger partial charge in [0, 0.05) is 23.2 Å². The van der Waals surface area contributed by atoms with Gasteiger partial charge in [0.15, 0.2) is 5.58 Å². The van der Waals surface area contributed by atoms with Gasteiger partial charge >= 0.3 is 5.97 Å². The van der Waals surface area contributed by atoms with Crippen molar-refractivity contribution in [3.05, 3.63) is 82.7 Å². The molecule has 0 bridgehead atoms. The van der Waals surface area contributed by atoms with Crippen LogP contribution in [0.15, 0.2) is 64.1 Å². The van der Waals surface area contributed by atoms with Crippen molar-refractivity contribution in [1.29, 1.82) is 0 Å². The molecule has 196 valence electrons. The molecule has 2 aromatic heterocycles. The van der Waals surface area contributed by atoms with E-state index in [1.807, 2.05) is 0 Å². The Bertz CT molecular complexity index is 1560. The third-order valence-electron chi connectivity index (χ3n) is 5.73. The number of benzene rings is 2. The molecule has 4 rings (SSSR count). The van der Waals surface area contributed by atoms with E-state index in [1.165, 1.54) is 20.4 Å². The van der Waals surface area contributed by atoms with Gasteiger partial charge < -0.3 is 29.1 Å². The van der Waals surface area contributed by atoms with Gasteiger partial charge in [0.1, 0.15) is 17.1 Å². The zero-order valence-electron chi connectivity index (χ0n) is 21.4. The highest BCUT2D eigenvalue weighted by Gasteiger charge is 2.18. The van der Waals surface area contributed by atoms with Gasteiger partial charge in [-0.15, -0.1) is 0 Å². The lowest BCUT2D eigenvalue weighted by molar-refractivity contribution is 0.0526. The maximum Gasteiger partial charge on any atom is 0.338 e. The Balaban J connectivity index is 1.84. The number of methoxy groups -OCH3 is 2. The van der Waals surface area contributed by atoms with Crippen LogP contribution in [0.25, 0.3) is 11.0 Å². The SMILES string of the molecule is CCOC(=O)c1ccc(N=c2oc3c(C)ncc(CO)c3cc2C(=O)Nc2ccc(OC)cc2OC)cc1. The van der Waals surface area contributed by atoms with E-state index >= 15 is 0 Å². The molecule has 0 saturated heterocycles. The molecule has 0 atom stereocenters. The number of nitrogens with one attached hydrogen (secondary N) is 1. The Morgan fingerprint density at radius 1 is 1.08 bits per heavy atom. The number of aryl methyl sites for hydroxylation is 1. The maximum atomic E-state index is 13.5. The first-order valence-corrected chi connectivity index (χ1v) is 11.8. The van der Waals surface area contributed by atoms with Crippen molar-refractivity contribution in [2.45, 2.75) is 20.5 Å². The molecule has 2 aromatic carbocycles. The summed E-state index contributed by atoms with van der Waals surface area (Å²) in [6, 6.07) is 13.0. The lowest BCUT2D eigenvalue weighted by atomic mass is 10.1. The van der Waals surface area contributed by atoms with Crippen molar-refractivity contribution >= 4 is 34.2 Å². The predicted molar refractivity (Wildman–Crippen MR) is 140 cm³/mol. The zero-order valence-corrected chi connectivity index (χ0v) is 21.4. The average Bonchev–Trinajstić information content (AvgIpc) is 2.94. The standard InChI is InChI=1S/C28H27N3O7/c1-5-37-28(34)17-6-8-19(9-7-17)30-27-22(13-21-18(15-32)14-29-16(2)25(21)38-27)26(33)31-23-11-10-20(35-3)12-24(23)36-4/h6-14,32H,5,15H2,1-4H3,(H,31,33). The lowest BCUT2D eigenvalue weighted by Gasteiger charge is -2.13. The first kappa shape index (κ1) is 26.4. The number of nitrogens with zero attached hydrogens (tertiary/aromatic N) is 2. The normalized spacial score (nSPS) is 11.3. The smallest absolute Gasteiger partial charge is 0.338 e. The Kier molecular flexibility index (Phi) is 8.03. The molecule has 10 nitrogen and oxygen atoms in total. The summed E-state index contributed by atoms with van der Waals surface area (Å²) in [7, 11) is 3.02. The summed E-state index contributed by atoms with van der Waals surface area (Å²) in [5.74, 6) is 0.0122. The molecule has 0 aliphatic rings. The number of aromatic nitrogens is 1. The Labute approximate surface area is 218 Å². The number of hydrogen-bond acceptors (Lipinski definition) is 9. The summed E-state index contributed by atoms with van der Waals surface area (Å²) < 4.78 is 21.7. The van der Waals surface area contributed by atoms with Gasteiger partial charge in [-0.25, -0.2) is 9.79 Å². The first-order chi connectivity index (χ1) is 18.4. The molecule has 0 radical (unpaired) electrons. The van der Waals surface area contributed by atoms with Crippen molar-refractivity contribution in [2.75, 3.05) is 26.1 Å². The number of esters is 1. The van der Waals surface area contributed by atoms with Gasteiger partial charge in [0.05, 0.1) is 50.1 Å². The van der Waals surface area contributed by atoms with Crippen LogP contribution >= 0.6 is 0 Å². The van der Waals surface area contributed by atoms with Gasteiger partial charge in [-0.3, -0.25) is 9.78 Å². The first-order valence-electron chi connectivity index (χ1n) is 11.8. The van der Waals surface area contributed by atoms with E-state index < -0.39 is 11.9 Å². The highest BCUT2D eigenvalue weighted by atomic mass is 16.5. The molecular weight excluding hydrogens is 490 g/mol. The molecule has 0 fully saturated rings. The molecule has 0 unspecified atom stereocenters. The van der Waals surface area contributed by atoms with Crippen LogP contribution in [0, 0.1) is 6.92 Å². The van der Waals surface area contributed by atoms with Crippen LogP contribution in [0.1, 0.15) is 38.9 Å². The number of carbonyl (C=O) groups is 2. The van der Waals surface area contributed by atoms with Crippen LogP contribution in [-0.4, -0.2) is 42.8 Å². The van der Waals surface area contributed by atoms with Crippen LogP contribution in [0.5, 0.6) is 11.5 Å². The maximum absolute atomic E-state index is 13.5. The van der Waals surface area contributed by atoms with Crippen LogP contribution < -0.4 is 20.3 Å². The highest BCUT2D eigenvalue weighted by molar-refractivity contribution is 6.06. The minimum atomic E-state index is -0.514. The molecule has 10 heteroatoms. The number of pyridine rings is 1. The summed E-state index contributed by atoms with van der Waals surface area (Å²) in [6.07, 6.45) is 1.53. The van der Waals surface area contributed by atoms with Crippen LogP contribution in [0.4, 0.5) is 11.4 Å². The van der Waals surface area contributed by atoms with Gasteiger partial charge in [0.25, 0.3) is 5.91 Å². The van der Waals surface area contributed by atoms with E-state index in [-0.39, 0.29) is 24.3 Å². The van der Waals surface area contributed by atoms with E-state index in [4.69, 9.17) is 18.6 Å². The molecule has 0 aliphatic heterocycles. The minimum absolute atomic E-state index is 0.0198. The quantitative estimate of drug-likeness (QED) is 0.331. The third kappa shape index (κ3) is 5.50. The predicted octanol–water partition coefficient (Wildman–Crippen LogP) is 4.31. The van der Waals surface area contributed by atoms with E-state index in [0.717, 1.165) is 0 Å². The van der Waals surface area contributed by atoms with E-state index in [9.17, 15) is 14.7 Å². The van der Waals surface area contributed by atoms with Crippen molar-refractivity contribution in [1.82, 2.24) is 4.98 Å². The Morgan fingerprint density at radius 2 is 1.84 bits per heavy atom. The second-order valence-corrected chi connectivity index (χ2v) is 8.13. The fraction of sp³-hybridized carbons (Fsp3) is 0.214. The number of carbonyl (C=O) groups excluding carboxylic acids is 2. The minimum Gasteiger partial charge on any atom is -0.497 e. The Hall–Kier alpha value is -4.70. The fourth-order valence-electron chi connectivity index (χ4n) is 3.76. The van der Waals surface area contributed by atoms with Crippen LogP contribution in [-0.2, 0) is 11.3 Å². The lowest BCUT2D eigenvalue weighted by Crippen LogP contribution is -2.22. The number of amides is 1. The number of rotatable bonds is 8. The largest absolute Gasteiger partial charge is 0.497 e. The summed E-state index contributed by atoms with van der Waals surface area (Å²) in [6.45, 7) is 3.46. The summed E-state index contributed by atoms with van der Waals surface area (Å²) in [5.41, 5.74) is 2.82. The molecule has 2 heterocycles. The van der Waals surface area contributed by atoms with Crippen molar-refractivity contribution in [3.8, 4) is 11.5 Å². The second-order valence-electron chi connectivity index (χ2n) is 8.13. The Morgan fingerprint density at radius 3 is 2.50 bits per heavy atom. The molecule has 1 amide bonds. The molecule has 2 N–H and O–H groups in total. The fourth-order valence-corrected chi connectivity index (χ4v) is 3.76. The highest BCUT2D eigenvalue weighted by Crippen LogP contribution is 2.30.